The van der Waals surface area contributed by atoms with E-state index in [9.17, 15) is 18.0 Å². The average molecular weight is 430 g/mol. The van der Waals surface area contributed by atoms with Gasteiger partial charge in [-0.25, -0.2) is 13.2 Å². The number of rotatable bonds is 6. The molecule has 162 valence electrons. The first-order valence-electron chi connectivity index (χ1n) is 9.36. The summed E-state index contributed by atoms with van der Waals surface area (Å²) in [5, 5.41) is 0. The van der Waals surface area contributed by atoms with E-state index in [1.165, 1.54) is 4.90 Å². The van der Waals surface area contributed by atoms with Crippen LogP contribution >= 0.6 is 0 Å². The lowest BCUT2D eigenvalue weighted by atomic mass is 10.1. The number of halogens is 3. The molecule has 0 aliphatic carbocycles. The molecule has 2 N–H and O–H groups in total. The van der Waals surface area contributed by atoms with Crippen LogP contribution in [0.15, 0.2) is 54.6 Å². The zero-order chi connectivity index (χ0) is 22.7. The van der Waals surface area contributed by atoms with Crippen LogP contribution in [0.5, 0.6) is 17.2 Å². The minimum atomic E-state index is -1.14. The number of nitrogens with two attached hydrogens (primary N) is 1. The van der Waals surface area contributed by atoms with Crippen LogP contribution in [0.2, 0.25) is 0 Å². The van der Waals surface area contributed by atoms with E-state index in [2.05, 4.69) is 0 Å². The third-order valence-electron chi connectivity index (χ3n) is 4.48. The fraction of sp³-hybridized carbons (Fsp3) is 0.174. The number of nitrogens with zero attached hydrogens (tertiary/aromatic N) is 1. The van der Waals surface area contributed by atoms with Crippen LogP contribution in [0.4, 0.5) is 18.9 Å². The van der Waals surface area contributed by atoms with Gasteiger partial charge in [-0.15, -0.1) is 0 Å². The van der Waals surface area contributed by atoms with Crippen molar-refractivity contribution in [1.29, 1.82) is 0 Å². The van der Waals surface area contributed by atoms with Crippen molar-refractivity contribution in [2.24, 2.45) is 0 Å². The Morgan fingerprint density at radius 2 is 1.68 bits per heavy atom. The lowest BCUT2D eigenvalue weighted by Crippen LogP contribution is -2.21. The summed E-state index contributed by atoms with van der Waals surface area (Å²) in [4.78, 5) is 13.6. The molecule has 3 rings (SSSR count). The van der Waals surface area contributed by atoms with Crippen LogP contribution in [0.25, 0.3) is 0 Å². The molecule has 0 saturated heterocycles. The van der Waals surface area contributed by atoms with E-state index < -0.39 is 29.3 Å². The minimum Gasteiger partial charge on any atom is -0.480 e. The van der Waals surface area contributed by atoms with Crippen LogP contribution < -0.4 is 15.2 Å². The van der Waals surface area contributed by atoms with Gasteiger partial charge in [-0.1, -0.05) is 12.1 Å². The first kappa shape index (κ1) is 22.0. The van der Waals surface area contributed by atoms with E-state index in [-0.39, 0.29) is 11.7 Å². The molecule has 5 nitrogen and oxygen atoms in total. The maximum absolute atomic E-state index is 13.9. The van der Waals surface area contributed by atoms with Crippen molar-refractivity contribution < 1.29 is 27.4 Å². The van der Waals surface area contributed by atoms with Gasteiger partial charge in [-0.3, -0.25) is 4.79 Å². The number of carbonyl (C=O) groups excluding carboxylic acids is 1. The molecule has 0 aliphatic rings. The molecule has 31 heavy (non-hydrogen) atoms. The Morgan fingerprint density at radius 1 is 1.00 bits per heavy atom. The molecule has 3 aromatic rings. The molecule has 1 unspecified atom stereocenters. The van der Waals surface area contributed by atoms with E-state index in [1.54, 1.807) is 63.5 Å². The van der Waals surface area contributed by atoms with Crippen LogP contribution in [-0.4, -0.2) is 24.9 Å². The second-order valence-corrected chi connectivity index (χ2v) is 7.09. The number of anilines is 1. The zero-order valence-electron chi connectivity index (χ0n) is 17.2. The SMILES string of the molecule is CC(Oc1c(F)cc(F)cc1F)c1ccc(N)c(Oc2cccc(C(=O)N(C)C)c2)c1. The van der Waals surface area contributed by atoms with E-state index in [1.807, 2.05) is 0 Å². The van der Waals surface area contributed by atoms with Crippen LogP contribution in [-0.2, 0) is 0 Å². The molecule has 0 fully saturated rings. The number of amides is 1. The summed E-state index contributed by atoms with van der Waals surface area (Å²) in [7, 11) is 3.29. The van der Waals surface area contributed by atoms with Gasteiger partial charge in [0.25, 0.3) is 5.91 Å². The Labute approximate surface area is 177 Å². The third-order valence-corrected chi connectivity index (χ3v) is 4.48. The van der Waals surface area contributed by atoms with E-state index in [4.69, 9.17) is 15.2 Å². The number of hydrogen-bond donors (Lipinski definition) is 1. The fourth-order valence-electron chi connectivity index (χ4n) is 2.86. The molecule has 0 saturated carbocycles. The summed E-state index contributed by atoms with van der Waals surface area (Å²) >= 11 is 0. The van der Waals surface area contributed by atoms with Crippen molar-refractivity contribution >= 4 is 11.6 Å². The third kappa shape index (κ3) is 5.09. The van der Waals surface area contributed by atoms with Crippen molar-refractivity contribution in [2.75, 3.05) is 19.8 Å². The van der Waals surface area contributed by atoms with Crippen molar-refractivity contribution in [3.8, 4) is 17.2 Å². The van der Waals surface area contributed by atoms with E-state index >= 15 is 0 Å². The summed E-state index contributed by atoms with van der Waals surface area (Å²) in [5.74, 6) is -3.51. The molecule has 0 bridgehead atoms. The monoisotopic (exact) mass is 430 g/mol. The molecule has 0 aromatic heterocycles. The van der Waals surface area contributed by atoms with Gasteiger partial charge in [-0.2, -0.15) is 0 Å². The summed E-state index contributed by atoms with van der Waals surface area (Å²) in [5.41, 5.74) is 7.28. The standard InChI is InChI=1S/C23H21F3N2O3/c1-13(30-22-18(25)11-16(24)12-19(22)26)14-7-8-20(27)21(10-14)31-17-6-4-5-15(9-17)23(29)28(2)3/h4-13H,27H2,1-3H3. The zero-order valence-corrected chi connectivity index (χ0v) is 17.2. The normalized spacial score (nSPS) is 11.7. The average Bonchev–Trinajstić information content (AvgIpc) is 2.71. The van der Waals surface area contributed by atoms with Gasteiger partial charge in [0.15, 0.2) is 23.1 Å². The van der Waals surface area contributed by atoms with Crippen molar-refractivity contribution in [3.05, 3.63) is 83.2 Å². The Bertz CT molecular complexity index is 1100. The Kier molecular flexibility index (Phi) is 6.39. The number of nitrogen functional groups attached to an aromatic ring is 1. The molecule has 8 heteroatoms. The largest absolute Gasteiger partial charge is 0.480 e. The number of ether oxygens (including phenoxy) is 2. The van der Waals surface area contributed by atoms with Gasteiger partial charge in [0.1, 0.15) is 17.7 Å². The van der Waals surface area contributed by atoms with Gasteiger partial charge in [0.05, 0.1) is 5.69 Å². The van der Waals surface area contributed by atoms with Crippen molar-refractivity contribution in [1.82, 2.24) is 4.90 Å². The van der Waals surface area contributed by atoms with Crippen molar-refractivity contribution in [3.63, 3.8) is 0 Å². The topological polar surface area (TPSA) is 64.8 Å². The van der Waals surface area contributed by atoms with Crippen molar-refractivity contribution in [2.45, 2.75) is 13.0 Å². The maximum Gasteiger partial charge on any atom is 0.253 e. The summed E-state index contributed by atoms with van der Waals surface area (Å²) in [6.45, 7) is 1.58. The molecule has 1 atom stereocenters. The van der Waals surface area contributed by atoms with E-state index in [0.717, 1.165) is 0 Å². The molecule has 0 spiro atoms. The Hall–Kier alpha value is -3.68. The quantitative estimate of drug-likeness (QED) is 0.538. The predicted octanol–water partition coefficient (Wildman–Crippen LogP) is 5.32. The van der Waals surface area contributed by atoms with Crippen LogP contribution in [0.3, 0.4) is 0 Å². The molecule has 0 heterocycles. The summed E-state index contributed by atoms with van der Waals surface area (Å²) in [6, 6.07) is 12.4. The molecular weight excluding hydrogens is 409 g/mol. The van der Waals surface area contributed by atoms with Crippen LogP contribution in [0, 0.1) is 17.5 Å². The highest BCUT2D eigenvalue weighted by Gasteiger charge is 2.18. The smallest absolute Gasteiger partial charge is 0.253 e. The van der Waals surface area contributed by atoms with Gasteiger partial charge < -0.3 is 20.1 Å². The lowest BCUT2D eigenvalue weighted by molar-refractivity contribution is 0.0827. The Balaban J connectivity index is 1.84. The first-order chi connectivity index (χ1) is 14.7. The number of hydrogen-bond acceptors (Lipinski definition) is 4. The minimum absolute atomic E-state index is 0.183. The van der Waals surface area contributed by atoms with Gasteiger partial charge in [0, 0.05) is 31.8 Å². The van der Waals surface area contributed by atoms with Gasteiger partial charge >= 0.3 is 0 Å². The lowest BCUT2D eigenvalue weighted by Gasteiger charge is -2.18. The highest BCUT2D eigenvalue weighted by molar-refractivity contribution is 5.94. The molecule has 1 amide bonds. The molecule has 0 radical (unpaired) electrons. The number of benzene rings is 3. The van der Waals surface area contributed by atoms with E-state index in [0.29, 0.717) is 34.7 Å². The summed E-state index contributed by atoms with van der Waals surface area (Å²) < 4.78 is 52.1. The predicted molar refractivity (Wildman–Crippen MR) is 111 cm³/mol. The number of carbonyl (C=O) groups is 1. The highest BCUT2D eigenvalue weighted by Crippen LogP contribution is 2.33. The summed E-state index contributed by atoms with van der Waals surface area (Å²) in [6.07, 6.45) is -0.793. The van der Waals surface area contributed by atoms with Crippen LogP contribution in [0.1, 0.15) is 28.9 Å². The first-order valence-corrected chi connectivity index (χ1v) is 9.36. The maximum atomic E-state index is 13.9. The second kappa shape index (κ2) is 8.99. The fourth-order valence-corrected chi connectivity index (χ4v) is 2.86. The van der Waals surface area contributed by atoms with Gasteiger partial charge in [0.2, 0.25) is 0 Å². The Morgan fingerprint density at radius 3 is 2.32 bits per heavy atom. The van der Waals surface area contributed by atoms with Gasteiger partial charge in [-0.05, 0) is 42.8 Å². The molecule has 0 aliphatic heterocycles. The second-order valence-electron chi connectivity index (χ2n) is 7.09. The molecular formula is C23H21F3N2O3. The highest BCUT2D eigenvalue weighted by atomic mass is 19.1. The molecule has 3 aromatic carbocycles.